The van der Waals surface area contributed by atoms with Crippen LogP contribution in [0.15, 0.2) is 16.5 Å². The van der Waals surface area contributed by atoms with Crippen LogP contribution in [-0.2, 0) is 16.1 Å². The van der Waals surface area contributed by atoms with Crippen molar-refractivity contribution in [3.8, 4) is 0 Å². The number of carbonyl (C=O) groups is 1. The standard InChI is InChI=1S/C14H21NO3/c1-11-5-6-13(18-11)10-15(2)14(16)8-7-12-4-3-9-17-12/h5-6,12H,3-4,7-10H2,1-2H3. The molecule has 1 amide bonds. The molecule has 0 aromatic carbocycles. The molecule has 0 N–H and O–H groups in total. The van der Waals surface area contributed by atoms with Gasteiger partial charge >= 0.3 is 0 Å². The fourth-order valence-corrected chi connectivity index (χ4v) is 2.24. The third-order valence-electron chi connectivity index (χ3n) is 3.32. The highest BCUT2D eigenvalue weighted by atomic mass is 16.5. The van der Waals surface area contributed by atoms with Crippen molar-refractivity contribution in [1.29, 1.82) is 0 Å². The van der Waals surface area contributed by atoms with Crippen LogP contribution in [0.5, 0.6) is 0 Å². The van der Waals surface area contributed by atoms with Gasteiger partial charge in [0.05, 0.1) is 12.6 Å². The number of furan rings is 1. The van der Waals surface area contributed by atoms with E-state index in [0.29, 0.717) is 13.0 Å². The van der Waals surface area contributed by atoms with Gasteiger partial charge in [-0.05, 0) is 38.3 Å². The summed E-state index contributed by atoms with van der Waals surface area (Å²) in [5.74, 6) is 1.87. The fourth-order valence-electron chi connectivity index (χ4n) is 2.24. The highest BCUT2D eigenvalue weighted by Gasteiger charge is 2.18. The van der Waals surface area contributed by atoms with E-state index in [1.807, 2.05) is 26.1 Å². The number of aryl methyl sites for hydroxylation is 1. The van der Waals surface area contributed by atoms with Crippen LogP contribution in [0, 0.1) is 6.92 Å². The maximum Gasteiger partial charge on any atom is 0.222 e. The fraction of sp³-hybridized carbons (Fsp3) is 0.643. The first-order chi connectivity index (χ1) is 8.65. The minimum Gasteiger partial charge on any atom is -0.464 e. The summed E-state index contributed by atoms with van der Waals surface area (Å²) in [6, 6.07) is 3.83. The van der Waals surface area contributed by atoms with Crippen molar-refractivity contribution >= 4 is 5.91 Å². The minimum atomic E-state index is 0.152. The molecule has 0 aliphatic carbocycles. The minimum absolute atomic E-state index is 0.152. The number of hydrogen-bond acceptors (Lipinski definition) is 3. The molecule has 2 rings (SSSR count). The van der Waals surface area contributed by atoms with Crippen molar-refractivity contribution in [3.63, 3.8) is 0 Å². The van der Waals surface area contributed by atoms with Crippen molar-refractivity contribution in [3.05, 3.63) is 23.7 Å². The van der Waals surface area contributed by atoms with Gasteiger partial charge in [-0.1, -0.05) is 0 Å². The second-order valence-corrected chi connectivity index (χ2v) is 4.94. The molecule has 1 fully saturated rings. The first kappa shape index (κ1) is 13.1. The average molecular weight is 251 g/mol. The van der Waals surface area contributed by atoms with Gasteiger partial charge in [0.2, 0.25) is 5.91 Å². The molecule has 0 saturated carbocycles. The van der Waals surface area contributed by atoms with Gasteiger partial charge in [0.1, 0.15) is 11.5 Å². The lowest BCUT2D eigenvalue weighted by Gasteiger charge is -2.17. The van der Waals surface area contributed by atoms with Gasteiger partial charge in [0, 0.05) is 20.1 Å². The quantitative estimate of drug-likeness (QED) is 0.807. The molecule has 1 aromatic rings. The summed E-state index contributed by atoms with van der Waals surface area (Å²) in [5.41, 5.74) is 0. The number of nitrogens with zero attached hydrogens (tertiary/aromatic N) is 1. The zero-order valence-electron chi connectivity index (χ0n) is 11.1. The van der Waals surface area contributed by atoms with E-state index in [1.54, 1.807) is 4.90 Å². The molecule has 4 nitrogen and oxygen atoms in total. The van der Waals surface area contributed by atoms with E-state index < -0.39 is 0 Å². The molecule has 0 spiro atoms. The number of rotatable bonds is 5. The van der Waals surface area contributed by atoms with Crippen molar-refractivity contribution in [1.82, 2.24) is 4.90 Å². The Hall–Kier alpha value is -1.29. The van der Waals surface area contributed by atoms with Gasteiger partial charge in [0.25, 0.3) is 0 Å². The van der Waals surface area contributed by atoms with E-state index >= 15 is 0 Å². The summed E-state index contributed by atoms with van der Waals surface area (Å²) >= 11 is 0. The summed E-state index contributed by atoms with van der Waals surface area (Å²) in [6.07, 6.45) is 3.89. The predicted molar refractivity (Wildman–Crippen MR) is 68.1 cm³/mol. The molecule has 0 bridgehead atoms. The average Bonchev–Trinajstić information content (AvgIpc) is 2.97. The van der Waals surface area contributed by atoms with Gasteiger partial charge in [-0.25, -0.2) is 0 Å². The Morgan fingerprint density at radius 1 is 1.50 bits per heavy atom. The number of hydrogen-bond donors (Lipinski definition) is 0. The lowest BCUT2D eigenvalue weighted by molar-refractivity contribution is -0.131. The second-order valence-electron chi connectivity index (χ2n) is 4.94. The normalized spacial score (nSPS) is 19.1. The molecular formula is C14H21NO3. The molecule has 4 heteroatoms. The molecule has 0 radical (unpaired) electrons. The van der Waals surface area contributed by atoms with Crippen LogP contribution in [0.2, 0.25) is 0 Å². The Labute approximate surface area is 108 Å². The number of carbonyl (C=O) groups excluding carboxylic acids is 1. The third-order valence-corrected chi connectivity index (χ3v) is 3.32. The number of amides is 1. The molecule has 100 valence electrons. The molecule has 1 aliphatic rings. The highest BCUT2D eigenvalue weighted by Crippen LogP contribution is 2.17. The zero-order chi connectivity index (χ0) is 13.0. The molecule has 2 heterocycles. The topological polar surface area (TPSA) is 42.7 Å². The Balaban J connectivity index is 1.74. The first-order valence-electron chi connectivity index (χ1n) is 6.56. The monoisotopic (exact) mass is 251 g/mol. The maximum atomic E-state index is 11.9. The molecule has 1 unspecified atom stereocenters. The molecule has 1 aliphatic heterocycles. The van der Waals surface area contributed by atoms with Gasteiger partial charge in [0.15, 0.2) is 0 Å². The van der Waals surface area contributed by atoms with Crippen LogP contribution < -0.4 is 0 Å². The van der Waals surface area contributed by atoms with Gasteiger partial charge in [-0.3, -0.25) is 4.79 Å². The smallest absolute Gasteiger partial charge is 0.222 e. The Kier molecular flexibility index (Phi) is 4.42. The largest absolute Gasteiger partial charge is 0.464 e. The van der Waals surface area contributed by atoms with E-state index in [-0.39, 0.29) is 12.0 Å². The third kappa shape index (κ3) is 3.60. The number of ether oxygens (including phenoxy) is 1. The summed E-state index contributed by atoms with van der Waals surface area (Å²) in [5, 5.41) is 0. The summed E-state index contributed by atoms with van der Waals surface area (Å²) in [4.78, 5) is 13.7. The molecule has 18 heavy (non-hydrogen) atoms. The Bertz CT molecular complexity index is 393. The van der Waals surface area contributed by atoms with E-state index in [0.717, 1.165) is 37.4 Å². The summed E-state index contributed by atoms with van der Waals surface area (Å²) in [6.45, 7) is 3.29. The molecule has 1 atom stereocenters. The van der Waals surface area contributed by atoms with E-state index in [4.69, 9.17) is 9.15 Å². The first-order valence-corrected chi connectivity index (χ1v) is 6.56. The van der Waals surface area contributed by atoms with Crippen molar-refractivity contribution < 1.29 is 13.9 Å². The Morgan fingerprint density at radius 3 is 2.94 bits per heavy atom. The predicted octanol–water partition coefficient (Wildman–Crippen LogP) is 2.51. The van der Waals surface area contributed by atoms with Crippen molar-refractivity contribution in [2.45, 2.75) is 45.3 Å². The van der Waals surface area contributed by atoms with Gasteiger partial charge in [-0.15, -0.1) is 0 Å². The van der Waals surface area contributed by atoms with Crippen LogP contribution in [-0.4, -0.2) is 30.6 Å². The summed E-state index contributed by atoms with van der Waals surface area (Å²) in [7, 11) is 1.82. The van der Waals surface area contributed by atoms with Crippen molar-refractivity contribution in [2.24, 2.45) is 0 Å². The molecule has 1 aromatic heterocycles. The van der Waals surface area contributed by atoms with Crippen LogP contribution in [0.25, 0.3) is 0 Å². The zero-order valence-corrected chi connectivity index (χ0v) is 11.1. The summed E-state index contributed by atoms with van der Waals surface area (Å²) < 4.78 is 11.0. The van der Waals surface area contributed by atoms with E-state index in [9.17, 15) is 4.79 Å². The second kappa shape index (κ2) is 6.05. The van der Waals surface area contributed by atoms with Crippen LogP contribution >= 0.6 is 0 Å². The van der Waals surface area contributed by atoms with Crippen LogP contribution in [0.3, 0.4) is 0 Å². The molecular weight excluding hydrogens is 230 g/mol. The van der Waals surface area contributed by atoms with Crippen LogP contribution in [0.4, 0.5) is 0 Å². The lowest BCUT2D eigenvalue weighted by Crippen LogP contribution is -2.26. The van der Waals surface area contributed by atoms with E-state index in [2.05, 4.69) is 0 Å². The van der Waals surface area contributed by atoms with Crippen LogP contribution in [0.1, 0.15) is 37.2 Å². The SMILES string of the molecule is Cc1ccc(CN(C)C(=O)CCC2CCCO2)o1. The Morgan fingerprint density at radius 2 is 2.33 bits per heavy atom. The van der Waals surface area contributed by atoms with Gasteiger partial charge in [-0.2, -0.15) is 0 Å². The highest BCUT2D eigenvalue weighted by molar-refractivity contribution is 5.75. The van der Waals surface area contributed by atoms with E-state index in [1.165, 1.54) is 0 Å². The van der Waals surface area contributed by atoms with Crippen molar-refractivity contribution in [2.75, 3.05) is 13.7 Å². The van der Waals surface area contributed by atoms with Gasteiger partial charge < -0.3 is 14.1 Å². The lowest BCUT2D eigenvalue weighted by atomic mass is 10.1. The molecule has 1 saturated heterocycles. The maximum absolute atomic E-state index is 11.9.